The number of hydrogen-bond donors (Lipinski definition) is 1. The van der Waals surface area contributed by atoms with Crippen LogP contribution in [0.4, 0.5) is 5.69 Å². The molecule has 0 spiro atoms. The van der Waals surface area contributed by atoms with Crippen molar-refractivity contribution in [1.82, 2.24) is 0 Å². The topological polar surface area (TPSA) is 38.3 Å². The number of fused-ring (bicyclic) bond motifs is 1. The van der Waals surface area contributed by atoms with Gasteiger partial charge in [-0.1, -0.05) is 67.6 Å². The number of amides is 1. The number of rotatable bonds is 3. The summed E-state index contributed by atoms with van der Waals surface area (Å²) in [4.78, 5) is 13.5. The van der Waals surface area contributed by atoms with Gasteiger partial charge in [0.25, 0.3) is 0 Å². The Morgan fingerprint density at radius 2 is 1.29 bits per heavy atom. The fourth-order valence-electron chi connectivity index (χ4n) is 5.31. The van der Waals surface area contributed by atoms with Crippen molar-refractivity contribution in [2.24, 2.45) is 11.8 Å². The van der Waals surface area contributed by atoms with Gasteiger partial charge < -0.3 is 10.1 Å². The van der Waals surface area contributed by atoms with Crippen LogP contribution in [0.1, 0.15) is 41.0 Å². The lowest BCUT2D eigenvalue weighted by molar-refractivity contribution is -0.122. The second-order valence-corrected chi connectivity index (χ2v) is 7.79. The van der Waals surface area contributed by atoms with Gasteiger partial charge >= 0.3 is 0 Å². The van der Waals surface area contributed by atoms with Crippen molar-refractivity contribution < 1.29 is 9.53 Å². The smallest absolute Gasteiger partial charge is 0.228 e. The van der Waals surface area contributed by atoms with Gasteiger partial charge in [0.15, 0.2) is 0 Å². The second-order valence-electron chi connectivity index (χ2n) is 7.79. The number of anilines is 1. The number of methoxy groups -OCH3 is 1. The van der Waals surface area contributed by atoms with E-state index < -0.39 is 0 Å². The summed E-state index contributed by atoms with van der Waals surface area (Å²) in [7, 11) is 1.63. The van der Waals surface area contributed by atoms with E-state index in [1.165, 1.54) is 22.3 Å². The maximum absolute atomic E-state index is 13.5. The van der Waals surface area contributed by atoms with Gasteiger partial charge in [-0.3, -0.25) is 4.79 Å². The average Bonchev–Trinajstić information content (AvgIpc) is 2.74. The second kappa shape index (κ2) is 6.52. The highest BCUT2D eigenvalue weighted by molar-refractivity contribution is 5.96. The molecule has 1 N–H and O–H groups in total. The summed E-state index contributed by atoms with van der Waals surface area (Å²) in [5, 5.41) is 3.14. The minimum Gasteiger partial charge on any atom is -0.495 e. The third-order valence-electron chi connectivity index (χ3n) is 6.45. The molecular formula is C25H23NO2. The molecule has 0 saturated carbocycles. The molecule has 140 valence electrons. The molecule has 0 aliphatic heterocycles. The number of para-hydroxylation sites is 2. The Hall–Kier alpha value is -3.07. The molecule has 3 aliphatic rings. The van der Waals surface area contributed by atoms with Crippen LogP contribution in [0.15, 0.2) is 72.8 Å². The van der Waals surface area contributed by atoms with Gasteiger partial charge in [-0.25, -0.2) is 0 Å². The lowest BCUT2D eigenvalue weighted by Crippen LogP contribution is -2.44. The number of carbonyl (C=O) groups excluding carboxylic acids is 1. The minimum atomic E-state index is -0.111. The van der Waals surface area contributed by atoms with Gasteiger partial charge in [-0.15, -0.1) is 0 Å². The fourth-order valence-corrected chi connectivity index (χ4v) is 5.31. The molecule has 0 fully saturated rings. The van der Waals surface area contributed by atoms with Gasteiger partial charge in [-0.05, 0) is 40.3 Å². The van der Waals surface area contributed by atoms with Gasteiger partial charge in [0.2, 0.25) is 5.91 Å². The van der Waals surface area contributed by atoms with Crippen molar-refractivity contribution in [3.63, 3.8) is 0 Å². The molecule has 0 radical (unpaired) electrons. The first-order valence-corrected chi connectivity index (χ1v) is 9.82. The van der Waals surface area contributed by atoms with E-state index in [-0.39, 0.29) is 29.6 Å². The van der Waals surface area contributed by atoms with Crippen LogP contribution < -0.4 is 10.1 Å². The van der Waals surface area contributed by atoms with Gasteiger partial charge in [0, 0.05) is 11.8 Å². The molecule has 6 rings (SSSR count). The summed E-state index contributed by atoms with van der Waals surface area (Å²) in [5.41, 5.74) is 6.07. The standard InChI is InChI=1S/C25H23NO2/c1-15-22-16-9-3-5-11-18(16)24(19-12-6-4-10-17(19)22)23(15)25(27)26-20-13-7-8-14-21(20)28-2/h3-15,22-24H,1-2H3,(H,26,27)/t15-,22?,23-,24?/m1/s1. The van der Waals surface area contributed by atoms with Crippen molar-refractivity contribution in [2.45, 2.75) is 18.8 Å². The molecule has 3 nitrogen and oxygen atoms in total. The van der Waals surface area contributed by atoms with E-state index in [9.17, 15) is 4.79 Å². The van der Waals surface area contributed by atoms with E-state index in [1.807, 2.05) is 24.3 Å². The Balaban J connectivity index is 1.59. The lowest BCUT2D eigenvalue weighted by atomic mass is 9.54. The Morgan fingerprint density at radius 1 is 0.786 bits per heavy atom. The highest BCUT2D eigenvalue weighted by Crippen LogP contribution is 2.58. The van der Waals surface area contributed by atoms with E-state index in [2.05, 4.69) is 60.8 Å². The molecule has 0 saturated heterocycles. The molecule has 0 heterocycles. The van der Waals surface area contributed by atoms with Crippen molar-refractivity contribution in [3.05, 3.63) is 95.1 Å². The van der Waals surface area contributed by atoms with Crippen molar-refractivity contribution in [2.75, 3.05) is 12.4 Å². The van der Waals surface area contributed by atoms with Gasteiger partial charge in [0.1, 0.15) is 5.75 Å². The quantitative estimate of drug-likeness (QED) is 0.691. The molecule has 3 aliphatic carbocycles. The molecule has 2 bridgehead atoms. The predicted octanol–water partition coefficient (Wildman–Crippen LogP) is 5.18. The van der Waals surface area contributed by atoms with Crippen LogP contribution >= 0.6 is 0 Å². The van der Waals surface area contributed by atoms with Crippen molar-refractivity contribution in [1.29, 1.82) is 0 Å². The highest BCUT2D eigenvalue weighted by atomic mass is 16.5. The number of carbonyl (C=O) groups is 1. The predicted molar refractivity (Wildman–Crippen MR) is 111 cm³/mol. The Morgan fingerprint density at radius 3 is 1.86 bits per heavy atom. The summed E-state index contributed by atoms with van der Waals surface area (Å²) >= 11 is 0. The highest BCUT2D eigenvalue weighted by Gasteiger charge is 2.50. The van der Waals surface area contributed by atoms with Crippen LogP contribution in [0, 0.1) is 11.8 Å². The van der Waals surface area contributed by atoms with Gasteiger partial charge in [-0.2, -0.15) is 0 Å². The normalized spacial score (nSPS) is 24.2. The molecule has 3 heteroatoms. The van der Waals surface area contributed by atoms with E-state index in [4.69, 9.17) is 4.74 Å². The zero-order chi connectivity index (χ0) is 19.3. The Bertz CT molecular complexity index is 1010. The number of nitrogens with one attached hydrogen (secondary N) is 1. The van der Waals surface area contributed by atoms with Crippen molar-refractivity contribution in [3.8, 4) is 5.75 Å². The number of ether oxygens (including phenoxy) is 1. The molecule has 2 atom stereocenters. The fraction of sp³-hybridized carbons (Fsp3) is 0.240. The first-order chi connectivity index (χ1) is 13.7. The van der Waals surface area contributed by atoms with Crippen LogP contribution in [0.3, 0.4) is 0 Å². The molecular weight excluding hydrogens is 346 g/mol. The van der Waals surface area contributed by atoms with Crippen LogP contribution in [0.5, 0.6) is 5.75 Å². The minimum absolute atomic E-state index is 0.0657. The summed E-state index contributed by atoms with van der Waals surface area (Å²) in [5.74, 6) is 1.21. The van der Waals surface area contributed by atoms with Gasteiger partial charge in [0.05, 0.1) is 18.7 Å². The number of hydrogen-bond acceptors (Lipinski definition) is 2. The van der Waals surface area contributed by atoms with Crippen LogP contribution in [-0.4, -0.2) is 13.0 Å². The zero-order valence-corrected chi connectivity index (χ0v) is 16.1. The summed E-state index contributed by atoms with van der Waals surface area (Å²) in [6, 6.07) is 24.8. The van der Waals surface area contributed by atoms with Crippen LogP contribution in [-0.2, 0) is 4.79 Å². The molecule has 3 aromatic rings. The zero-order valence-electron chi connectivity index (χ0n) is 16.1. The maximum atomic E-state index is 13.5. The van der Waals surface area contributed by atoms with E-state index in [0.717, 1.165) is 5.69 Å². The largest absolute Gasteiger partial charge is 0.495 e. The third-order valence-corrected chi connectivity index (χ3v) is 6.45. The average molecular weight is 369 g/mol. The molecule has 28 heavy (non-hydrogen) atoms. The molecule has 1 amide bonds. The van der Waals surface area contributed by atoms with Crippen molar-refractivity contribution >= 4 is 11.6 Å². The first-order valence-electron chi connectivity index (χ1n) is 9.82. The molecule has 0 unspecified atom stereocenters. The monoisotopic (exact) mass is 369 g/mol. The van der Waals surface area contributed by atoms with E-state index in [1.54, 1.807) is 7.11 Å². The summed E-state index contributed by atoms with van der Waals surface area (Å²) < 4.78 is 5.42. The Kier molecular flexibility index (Phi) is 3.97. The third kappa shape index (κ3) is 2.39. The SMILES string of the molecule is COc1ccccc1NC(=O)[C@H]1C2c3ccccc3C(c3ccccc32)[C@H]1C. The number of benzene rings is 3. The maximum Gasteiger partial charge on any atom is 0.228 e. The Labute approximate surface area is 165 Å². The molecule has 0 aromatic heterocycles. The van der Waals surface area contributed by atoms with E-state index in [0.29, 0.717) is 5.75 Å². The lowest BCUT2D eigenvalue weighted by Gasteiger charge is -2.49. The summed E-state index contributed by atoms with van der Waals surface area (Å²) in [6.07, 6.45) is 0. The van der Waals surface area contributed by atoms with Crippen LogP contribution in [0.25, 0.3) is 0 Å². The summed E-state index contributed by atoms with van der Waals surface area (Å²) in [6.45, 7) is 2.22. The molecule has 3 aromatic carbocycles. The first kappa shape index (κ1) is 17.1. The van der Waals surface area contributed by atoms with Crippen LogP contribution in [0.2, 0.25) is 0 Å². The van der Waals surface area contributed by atoms with E-state index >= 15 is 0 Å².